The van der Waals surface area contributed by atoms with Gasteiger partial charge < -0.3 is 19.9 Å². The number of nitrogens with one attached hydrogen (secondary N) is 1. The van der Waals surface area contributed by atoms with Crippen LogP contribution in [0.5, 0.6) is 17.2 Å². The van der Waals surface area contributed by atoms with Crippen LogP contribution < -0.4 is 25.5 Å². The van der Waals surface area contributed by atoms with Crippen LogP contribution >= 0.6 is 0 Å². The van der Waals surface area contributed by atoms with E-state index in [1.165, 1.54) is 27.4 Å². The number of methoxy groups -OCH3 is 3. The maximum Gasteiger partial charge on any atom is 0.287 e. The molecule has 0 amide bonds. The van der Waals surface area contributed by atoms with Gasteiger partial charge in [-0.2, -0.15) is 5.10 Å². The number of hydrogen-bond acceptors (Lipinski definition) is 6. The summed E-state index contributed by atoms with van der Waals surface area (Å²) in [6.45, 7) is 0. The van der Waals surface area contributed by atoms with Crippen LogP contribution in [0.25, 0.3) is 11.3 Å². The molecule has 0 aliphatic rings. The van der Waals surface area contributed by atoms with Crippen molar-refractivity contribution in [2.45, 2.75) is 0 Å². The molecular formula is C13H15N3O4. The zero-order valence-corrected chi connectivity index (χ0v) is 11.4. The molecule has 0 aliphatic heterocycles. The topological polar surface area (TPSA) is 99.5 Å². The average Bonchev–Trinajstić information content (AvgIpc) is 2.48. The van der Waals surface area contributed by atoms with E-state index in [2.05, 4.69) is 10.2 Å². The highest BCUT2D eigenvalue weighted by atomic mass is 16.5. The SMILES string of the molecule is COc1ccc(-c2cc(N)c(=O)[nH]n2)c(OC)c1OC. The smallest absolute Gasteiger partial charge is 0.287 e. The molecule has 7 nitrogen and oxygen atoms in total. The van der Waals surface area contributed by atoms with Gasteiger partial charge in [-0.05, 0) is 18.2 Å². The van der Waals surface area contributed by atoms with Crippen LogP contribution in [0.3, 0.4) is 0 Å². The van der Waals surface area contributed by atoms with Crippen LogP contribution in [-0.4, -0.2) is 31.5 Å². The number of rotatable bonds is 4. The van der Waals surface area contributed by atoms with E-state index in [0.29, 0.717) is 28.5 Å². The number of hydrogen-bond donors (Lipinski definition) is 2. The lowest BCUT2D eigenvalue weighted by Gasteiger charge is -2.15. The maximum atomic E-state index is 11.3. The first-order valence-corrected chi connectivity index (χ1v) is 5.77. The molecule has 1 heterocycles. The number of nitrogens with two attached hydrogens (primary N) is 1. The summed E-state index contributed by atoms with van der Waals surface area (Å²) >= 11 is 0. The van der Waals surface area contributed by atoms with Gasteiger partial charge in [0.25, 0.3) is 5.56 Å². The summed E-state index contributed by atoms with van der Waals surface area (Å²) < 4.78 is 15.9. The molecule has 0 unspecified atom stereocenters. The second kappa shape index (κ2) is 5.52. The average molecular weight is 277 g/mol. The Balaban J connectivity index is 2.67. The normalized spacial score (nSPS) is 10.2. The lowest BCUT2D eigenvalue weighted by Crippen LogP contribution is -2.13. The molecule has 0 atom stereocenters. The molecule has 3 N–H and O–H groups in total. The summed E-state index contributed by atoms with van der Waals surface area (Å²) in [5.41, 5.74) is 6.34. The van der Waals surface area contributed by atoms with Crippen LogP contribution in [-0.2, 0) is 0 Å². The quantitative estimate of drug-likeness (QED) is 0.866. The maximum absolute atomic E-state index is 11.3. The van der Waals surface area contributed by atoms with Gasteiger partial charge in [-0.1, -0.05) is 0 Å². The highest BCUT2D eigenvalue weighted by Crippen LogP contribution is 2.43. The zero-order valence-electron chi connectivity index (χ0n) is 11.4. The highest BCUT2D eigenvalue weighted by Gasteiger charge is 2.18. The van der Waals surface area contributed by atoms with Gasteiger partial charge in [0, 0.05) is 5.56 Å². The molecule has 0 bridgehead atoms. The molecule has 2 rings (SSSR count). The van der Waals surface area contributed by atoms with Gasteiger partial charge in [-0.15, -0.1) is 0 Å². The summed E-state index contributed by atoms with van der Waals surface area (Å²) in [7, 11) is 4.56. The summed E-state index contributed by atoms with van der Waals surface area (Å²) in [6, 6.07) is 4.95. The molecule has 0 spiro atoms. The van der Waals surface area contributed by atoms with Crippen LogP contribution in [0.2, 0.25) is 0 Å². The van der Waals surface area contributed by atoms with Crippen molar-refractivity contribution in [3.8, 4) is 28.5 Å². The standard InChI is InChI=1S/C13H15N3O4/c1-18-10-5-4-7(11(19-2)12(10)20-3)9-6-8(14)13(17)16-15-9/h4-6H,1-3H3,(H2,14,15)(H,16,17). The van der Waals surface area contributed by atoms with Gasteiger partial charge in [0.1, 0.15) is 5.69 Å². The monoisotopic (exact) mass is 277 g/mol. The molecule has 0 saturated heterocycles. The first-order valence-electron chi connectivity index (χ1n) is 5.77. The lowest BCUT2D eigenvalue weighted by molar-refractivity contribution is 0.325. The predicted octanol–water partition coefficient (Wildman–Crippen LogP) is 1.04. The molecule has 0 saturated carbocycles. The van der Waals surface area contributed by atoms with Crippen molar-refractivity contribution in [3.63, 3.8) is 0 Å². The predicted molar refractivity (Wildman–Crippen MR) is 74.4 cm³/mol. The lowest BCUT2D eigenvalue weighted by atomic mass is 10.1. The van der Waals surface area contributed by atoms with Gasteiger partial charge in [0.15, 0.2) is 11.5 Å². The van der Waals surface area contributed by atoms with Crippen molar-refractivity contribution < 1.29 is 14.2 Å². The Morgan fingerprint density at radius 1 is 1.10 bits per heavy atom. The van der Waals surface area contributed by atoms with Crippen molar-refractivity contribution in [1.82, 2.24) is 10.2 Å². The molecule has 0 radical (unpaired) electrons. The van der Waals surface area contributed by atoms with Crippen molar-refractivity contribution in [2.24, 2.45) is 0 Å². The van der Waals surface area contributed by atoms with Gasteiger partial charge in [0.2, 0.25) is 5.75 Å². The molecule has 0 fully saturated rings. The van der Waals surface area contributed by atoms with E-state index in [0.717, 1.165) is 0 Å². The van der Waals surface area contributed by atoms with Gasteiger partial charge in [0.05, 0.1) is 27.0 Å². The molecule has 0 aliphatic carbocycles. The summed E-state index contributed by atoms with van der Waals surface area (Å²) in [5, 5.41) is 6.28. The summed E-state index contributed by atoms with van der Waals surface area (Å²) in [4.78, 5) is 11.3. The Morgan fingerprint density at radius 3 is 2.35 bits per heavy atom. The van der Waals surface area contributed by atoms with Crippen LogP contribution in [0.4, 0.5) is 5.69 Å². The third kappa shape index (κ3) is 2.25. The molecular weight excluding hydrogens is 262 g/mol. The van der Waals surface area contributed by atoms with E-state index < -0.39 is 5.56 Å². The third-order valence-electron chi connectivity index (χ3n) is 2.81. The number of aromatic nitrogens is 2. The summed E-state index contributed by atoms with van der Waals surface area (Å²) in [6.07, 6.45) is 0. The van der Waals surface area contributed by atoms with E-state index in [1.807, 2.05) is 0 Å². The number of benzene rings is 1. The van der Waals surface area contributed by atoms with Crippen LogP contribution in [0, 0.1) is 0 Å². The Bertz CT molecular complexity index is 682. The van der Waals surface area contributed by atoms with Crippen molar-refractivity contribution in [3.05, 3.63) is 28.6 Å². The fraction of sp³-hybridized carbons (Fsp3) is 0.231. The van der Waals surface area contributed by atoms with E-state index in [1.54, 1.807) is 12.1 Å². The second-order valence-electron chi connectivity index (χ2n) is 3.92. The first-order chi connectivity index (χ1) is 9.62. The van der Waals surface area contributed by atoms with Gasteiger partial charge >= 0.3 is 0 Å². The molecule has 20 heavy (non-hydrogen) atoms. The van der Waals surface area contributed by atoms with E-state index in [4.69, 9.17) is 19.9 Å². The Hall–Kier alpha value is -2.70. The number of nitrogens with zero attached hydrogens (tertiary/aromatic N) is 1. The molecule has 2 aromatic rings. The van der Waals surface area contributed by atoms with Gasteiger partial charge in [-0.3, -0.25) is 4.79 Å². The van der Waals surface area contributed by atoms with E-state index in [-0.39, 0.29) is 5.69 Å². The molecule has 7 heteroatoms. The minimum absolute atomic E-state index is 0.0758. The van der Waals surface area contributed by atoms with Crippen molar-refractivity contribution >= 4 is 5.69 Å². The van der Waals surface area contributed by atoms with Crippen LogP contribution in [0.15, 0.2) is 23.0 Å². The zero-order chi connectivity index (χ0) is 14.7. The number of anilines is 1. The minimum Gasteiger partial charge on any atom is -0.493 e. The number of nitrogen functional groups attached to an aromatic ring is 1. The third-order valence-corrected chi connectivity index (χ3v) is 2.81. The summed E-state index contributed by atoms with van der Waals surface area (Å²) in [5.74, 6) is 1.43. The second-order valence-corrected chi connectivity index (χ2v) is 3.92. The fourth-order valence-electron chi connectivity index (χ4n) is 1.86. The Labute approximate surface area is 115 Å². The number of aromatic amines is 1. The van der Waals surface area contributed by atoms with E-state index in [9.17, 15) is 4.79 Å². The number of H-pyrrole nitrogens is 1. The molecule has 106 valence electrons. The largest absolute Gasteiger partial charge is 0.493 e. The van der Waals surface area contributed by atoms with Crippen molar-refractivity contribution in [2.75, 3.05) is 27.1 Å². The molecule has 1 aromatic heterocycles. The number of ether oxygens (including phenoxy) is 3. The van der Waals surface area contributed by atoms with E-state index >= 15 is 0 Å². The van der Waals surface area contributed by atoms with Crippen LogP contribution in [0.1, 0.15) is 0 Å². The van der Waals surface area contributed by atoms with Gasteiger partial charge in [-0.25, -0.2) is 5.10 Å². The van der Waals surface area contributed by atoms with Crippen molar-refractivity contribution in [1.29, 1.82) is 0 Å². The molecule has 1 aromatic carbocycles. The highest BCUT2D eigenvalue weighted by molar-refractivity contribution is 5.75. The minimum atomic E-state index is -0.437. The first kappa shape index (κ1) is 13.7. The fourth-order valence-corrected chi connectivity index (χ4v) is 1.86. The Kier molecular flexibility index (Phi) is 3.79. The Morgan fingerprint density at radius 2 is 1.80 bits per heavy atom.